The number of hydrogen-bond donors (Lipinski definition) is 0. The quantitative estimate of drug-likeness (QED) is 0.152. The zero-order valence-corrected chi connectivity index (χ0v) is 38.4. The van der Waals surface area contributed by atoms with Crippen LogP contribution in [0.5, 0.6) is 0 Å². The third-order valence-electron chi connectivity index (χ3n) is 14.0. The largest absolute Gasteiger partial charge is 0.435 e. The summed E-state index contributed by atoms with van der Waals surface area (Å²) in [5.74, 6) is 2.67. The zero-order chi connectivity index (χ0) is 46.8. The Hall–Kier alpha value is -9.46. The fourth-order valence-corrected chi connectivity index (χ4v) is 10.5. The Bertz CT molecular complexity index is 4180. The number of nitrogens with zero attached hydrogens (tertiary/aromatic N) is 6. The first-order valence-corrected chi connectivity index (χ1v) is 24.1. The monoisotopic (exact) mass is 910 g/mol. The third-order valence-corrected chi connectivity index (χ3v) is 14.0. The van der Waals surface area contributed by atoms with Crippen molar-refractivity contribution >= 4 is 66.0 Å². The SMILES string of the molecule is C1=C(c2nc(-c3ccccc3)nc(-c3ccccc3)n2)CCC(n2c3ccccc3c3ccc4c5ccccc5n(-c5ccc(-c6ccc(-c7cccc8nc(-c9ccccc9)oc78)cc6)cc5)c4c32)=C1. The smallest absolute Gasteiger partial charge is 0.227 e. The highest BCUT2D eigenvalue weighted by molar-refractivity contribution is 6.24. The minimum atomic E-state index is 0.625. The molecule has 334 valence electrons. The lowest BCUT2D eigenvalue weighted by atomic mass is 9.99. The molecule has 1 aliphatic carbocycles. The van der Waals surface area contributed by atoms with E-state index in [2.05, 4.69) is 161 Å². The van der Waals surface area contributed by atoms with E-state index < -0.39 is 0 Å². The van der Waals surface area contributed by atoms with Crippen molar-refractivity contribution < 1.29 is 4.42 Å². The van der Waals surface area contributed by atoms with Gasteiger partial charge in [0.05, 0.1) is 22.1 Å². The Kier molecular flexibility index (Phi) is 9.52. The van der Waals surface area contributed by atoms with E-state index >= 15 is 0 Å². The van der Waals surface area contributed by atoms with Gasteiger partial charge in [-0.2, -0.15) is 0 Å². The van der Waals surface area contributed by atoms with Crippen molar-refractivity contribution in [3.8, 4) is 62.2 Å². The lowest BCUT2D eigenvalue weighted by Crippen LogP contribution is -2.06. The minimum Gasteiger partial charge on any atom is -0.435 e. The number of oxazole rings is 1. The van der Waals surface area contributed by atoms with Crippen LogP contribution in [0.4, 0.5) is 0 Å². The molecule has 0 amide bonds. The van der Waals surface area contributed by atoms with Gasteiger partial charge in [0.2, 0.25) is 5.89 Å². The fraction of sp³-hybridized carbons (Fsp3) is 0.0312. The normalized spacial score (nSPS) is 12.8. The van der Waals surface area contributed by atoms with Gasteiger partial charge in [0.15, 0.2) is 23.1 Å². The predicted molar refractivity (Wildman–Crippen MR) is 290 cm³/mol. The molecule has 0 radical (unpaired) electrons. The van der Waals surface area contributed by atoms with Crippen molar-refractivity contribution in [2.45, 2.75) is 12.8 Å². The van der Waals surface area contributed by atoms with Crippen LogP contribution in [0.1, 0.15) is 18.7 Å². The van der Waals surface area contributed by atoms with E-state index in [-0.39, 0.29) is 0 Å². The highest BCUT2D eigenvalue weighted by Gasteiger charge is 2.24. The lowest BCUT2D eigenvalue weighted by Gasteiger charge is -2.19. The average molecular weight is 911 g/mol. The molecule has 0 unspecified atom stereocenters. The molecule has 0 bridgehead atoms. The molecule has 4 aromatic heterocycles. The van der Waals surface area contributed by atoms with E-state index in [1.54, 1.807) is 0 Å². The van der Waals surface area contributed by atoms with Gasteiger partial charge in [0.1, 0.15) is 5.52 Å². The highest BCUT2D eigenvalue weighted by Crippen LogP contribution is 2.44. The first-order valence-electron chi connectivity index (χ1n) is 24.1. The molecule has 0 aliphatic heterocycles. The van der Waals surface area contributed by atoms with Crippen molar-refractivity contribution in [3.63, 3.8) is 0 Å². The second-order valence-corrected chi connectivity index (χ2v) is 18.1. The molecule has 0 fully saturated rings. The Labute approximate surface area is 409 Å². The zero-order valence-electron chi connectivity index (χ0n) is 38.4. The lowest BCUT2D eigenvalue weighted by molar-refractivity contribution is 0.621. The summed E-state index contributed by atoms with van der Waals surface area (Å²) in [5, 5.41) is 4.88. The van der Waals surface area contributed by atoms with E-state index in [1.165, 1.54) is 49.3 Å². The third kappa shape index (κ3) is 6.89. The summed E-state index contributed by atoms with van der Waals surface area (Å²) in [6.45, 7) is 0. The average Bonchev–Trinajstić information content (AvgIpc) is 4.15. The summed E-state index contributed by atoms with van der Waals surface area (Å²) in [6.07, 6.45) is 6.08. The van der Waals surface area contributed by atoms with Crippen molar-refractivity contribution in [3.05, 3.63) is 236 Å². The molecular formula is C64H42N6O. The van der Waals surface area contributed by atoms with Crippen LogP contribution in [0.3, 0.4) is 0 Å². The molecule has 9 aromatic carbocycles. The second kappa shape index (κ2) is 16.6. The van der Waals surface area contributed by atoms with Gasteiger partial charge >= 0.3 is 0 Å². The molecule has 0 saturated carbocycles. The van der Waals surface area contributed by atoms with Gasteiger partial charge in [-0.1, -0.05) is 182 Å². The summed E-state index contributed by atoms with van der Waals surface area (Å²) in [7, 11) is 0. The van der Waals surface area contributed by atoms with Crippen LogP contribution < -0.4 is 0 Å². The van der Waals surface area contributed by atoms with Crippen LogP contribution in [-0.4, -0.2) is 29.1 Å². The maximum atomic E-state index is 6.38. The molecule has 0 spiro atoms. The molecule has 7 heteroatoms. The molecule has 0 saturated heterocycles. The summed E-state index contributed by atoms with van der Waals surface area (Å²) in [4.78, 5) is 19.9. The van der Waals surface area contributed by atoms with Crippen molar-refractivity contribution in [1.82, 2.24) is 29.1 Å². The van der Waals surface area contributed by atoms with Crippen molar-refractivity contribution in [1.29, 1.82) is 0 Å². The van der Waals surface area contributed by atoms with Crippen LogP contribution in [0.25, 0.3) is 128 Å². The van der Waals surface area contributed by atoms with Gasteiger partial charge in [0.25, 0.3) is 0 Å². The van der Waals surface area contributed by atoms with E-state index in [1.807, 2.05) is 78.9 Å². The van der Waals surface area contributed by atoms with E-state index in [0.29, 0.717) is 23.4 Å². The minimum absolute atomic E-state index is 0.625. The summed E-state index contributed by atoms with van der Waals surface area (Å²) < 4.78 is 11.3. The van der Waals surface area contributed by atoms with Crippen LogP contribution >= 0.6 is 0 Å². The van der Waals surface area contributed by atoms with Gasteiger partial charge in [-0.15, -0.1) is 0 Å². The highest BCUT2D eigenvalue weighted by atomic mass is 16.3. The molecular weight excluding hydrogens is 869 g/mol. The van der Waals surface area contributed by atoms with Crippen molar-refractivity contribution in [2.75, 3.05) is 0 Å². The Morgan fingerprint density at radius 1 is 0.352 bits per heavy atom. The van der Waals surface area contributed by atoms with Crippen molar-refractivity contribution in [2.24, 2.45) is 0 Å². The molecule has 0 N–H and O–H groups in total. The number of hydrogen-bond acceptors (Lipinski definition) is 5. The second-order valence-electron chi connectivity index (χ2n) is 18.1. The van der Waals surface area contributed by atoms with E-state index in [9.17, 15) is 0 Å². The van der Waals surface area contributed by atoms with E-state index in [0.717, 1.165) is 74.1 Å². The van der Waals surface area contributed by atoms with Crippen LogP contribution in [0.15, 0.2) is 235 Å². The van der Waals surface area contributed by atoms with Gasteiger partial charge in [-0.3, -0.25) is 0 Å². The van der Waals surface area contributed by atoms with Gasteiger partial charge < -0.3 is 13.6 Å². The molecule has 14 rings (SSSR count). The first kappa shape index (κ1) is 40.6. The Morgan fingerprint density at radius 2 is 0.873 bits per heavy atom. The molecule has 0 atom stereocenters. The number of rotatable bonds is 8. The molecule has 1 aliphatic rings. The first-order chi connectivity index (χ1) is 35.2. The Morgan fingerprint density at radius 3 is 1.48 bits per heavy atom. The summed E-state index contributed by atoms with van der Waals surface area (Å²) in [5.41, 5.74) is 17.0. The fourth-order valence-electron chi connectivity index (χ4n) is 10.5. The maximum absolute atomic E-state index is 6.38. The standard InChI is InChI=1S/C64H42N6O/c1-4-15-44(16-5-1)61-66-62(45-17-6-2-7-18-45)68-63(67-61)46-33-37-49(38-34-46)70-57-26-13-11-22-52(57)54-40-39-53-51-21-10-12-25-56(51)69(58(53)59(54)70)48-35-31-42(32-36-48)41-27-29-43(30-28-41)50-23-14-24-55-60(50)71-64(65-55)47-19-8-3-9-20-47/h1-33,35-37,39-40H,34,38H2. The van der Waals surface area contributed by atoms with Crippen LogP contribution in [-0.2, 0) is 0 Å². The number of aromatic nitrogens is 6. The van der Waals surface area contributed by atoms with E-state index in [4.69, 9.17) is 24.4 Å². The number of fused-ring (bicyclic) bond motifs is 8. The number of benzene rings is 9. The molecule has 71 heavy (non-hydrogen) atoms. The number of allylic oxidation sites excluding steroid dienone is 4. The summed E-state index contributed by atoms with van der Waals surface area (Å²) in [6, 6.07) is 76.6. The summed E-state index contributed by atoms with van der Waals surface area (Å²) >= 11 is 0. The number of para-hydroxylation sites is 3. The van der Waals surface area contributed by atoms with Gasteiger partial charge in [-0.05, 0) is 83.6 Å². The van der Waals surface area contributed by atoms with Gasteiger partial charge in [-0.25, -0.2) is 19.9 Å². The topological polar surface area (TPSA) is 74.6 Å². The van der Waals surface area contributed by atoms with Crippen LogP contribution in [0, 0.1) is 0 Å². The van der Waals surface area contributed by atoms with Gasteiger partial charge in [0, 0.05) is 55.2 Å². The Balaban J connectivity index is 0.865. The molecule has 13 aromatic rings. The predicted octanol–water partition coefficient (Wildman–Crippen LogP) is 16.3. The van der Waals surface area contributed by atoms with Crippen LogP contribution in [0.2, 0.25) is 0 Å². The maximum Gasteiger partial charge on any atom is 0.227 e. The molecule has 7 nitrogen and oxygen atoms in total. The molecule has 4 heterocycles.